The lowest BCUT2D eigenvalue weighted by molar-refractivity contribution is -0.111. The van der Waals surface area contributed by atoms with Gasteiger partial charge in [-0.3, -0.25) is 9.35 Å². The summed E-state index contributed by atoms with van der Waals surface area (Å²) in [5.74, 6) is -0.647. The summed E-state index contributed by atoms with van der Waals surface area (Å²) in [6, 6.07) is 17.1. The van der Waals surface area contributed by atoms with E-state index < -0.39 is 10.1 Å². The van der Waals surface area contributed by atoms with E-state index in [1.807, 2.05) is 61.5 Å². The molecule has 0 saturated carbocycles. The van der Waals surface area contributed by atoms with E-state index in [9.17, 15) is 13.2 Å². The molecule has 2 aromatic rings. The maximum absolute atomic E-state index is 12.1. The van der Waals surface area contributed by atoms with Crippen molar-refractivity contribution in [1.29, 1.82) is 0 Å². The molecule has 0 radical (unpaired) electrons. The molecule has 0 aliphatic heterocycles. The number of aryl methyl sites for hydroxylation is 1. The average Bonchev–Trinajstić information content (AvgIpc) is 2.60. The molecule has 0 aromatic heterocycles. The summed E-state index contributed by atoms with van der Waals surface area (Å²) < 4.78 is 30.7. The van der Waals surface area contributed by atoms with E-state index in [2.05, 4.69) is 5.32 Å². The molecular weight excluding hydrogens is 350 g/mol. The zero-order valence-corrected chi connectivity index (χ0v) is 15.4. The first-order valence-corrected chi connectivity index (χ1v) is 10.0. The first-order valence-electron chi connectivity index (χ1n) is 8.39. The molecule has 2 N–H and O–H groups in total. The van der Waals surface area contributed by atoms with E-state index in [4.69, 9.17) is 4.55 Å². The van der Waals surface area contributed by atoms with Crippen LogP contribution in [-0.4, -0.2) is 24.6 Å². The van der Waals surface area contributed by atoms with Crippen LogP contribution in [0.4, 0.5) is 5.69 Å². The van der Waals surface area contributed by atoms with E-state index in [1.54, 1.807) is 6.08 Å². The highest BCUT2D eigenvalue weighted by Crippen LogP contribution is 2.23. The lowest BCUT2D eigenvalue weighted by Crippen LogP contribution is -2.09. The number of hydrogen-bond donors (Lipinski definition) is 2. The number of hydrogen-bond acceptors (Lipinski definition) is 3. The second kappa shape index (κ2) is 9.31. The summed E-state index contributed by atoms with van der Waals surface area (Å²) in [5.41, 5.74) is 2.82. The standard InChI is InChI=1S/C20H23NO4S/c1-16-9-12-19(13-10-16)21-20(22)14-11-18(8-5-15-26(23,24)25)17-6-3-2-4-7-17/h2-4,6-7,9-14,18H,5,8,15H2,1H3,(H,21,22)(H,23,24,25). The van der Waals surface area contributed by atoms with Crippen molar-refractivity contribution in [3.05, 3.63) is 77.9 Å². The van der Waals surface area contributed by atoms with Crippen LogP contribution >= 0.6 is 0 Å². The van der Waals surface area contributed by atoms with Gasteiger partial charge in [-0.15, -0.1) is 0 Å². The first kappa shape index (κ1) is 19.9. The van der Waals surface area contributed by atoms with Gasteiger partial charge in [-0.2, -0.15) is 8.42 Å². The number of nitrogens with one attached hydrogen (secondary N) is 1. The summed E-state index contributed by atoms with van der Waals surface area (Å²) in [7, 11) is -3.98. The predicted molar refractivity (Wildman–Crippen MR) is 104 cm³/mol. The van der Waals surface area contributed by atoms with Gasteiger partial charge < -0.3 is 5.32 Å². The predicted octanol–water partition coefficient (Wildman–Crippen LogP) is 3.94. The number of carbonyl (C=O) groups is 1. The van der Waals surface area contributed by atoms with Gasteiger partial charge in [0, 0.05) is 11.6 Å². The van der Waals surface area contributed by atoms with Crippen molar-refractivity contribution >= 4 is 21.7 Å². The Labute approximate surface area is 154 Å². The zero-order valence-electron chi connectivity index (χ0n) is 14.6. The van der Waals surface area contributed by atoms with Crippen LogP contribution in [0.5, 0.6) is 0 Å². The lowest BCUT2D eigenvalue weighted by Gasteiger charge is -2.13. The molecule has 0 aliphatic rings. The number of rotatable bonds is 8. The summed E-state index contributed by atoms with van der Waals surface area (Å²) in [6.07, 6.45) is 4.05. The van der Waals surface area contributed by atoms with Gasteiger partial charge in [0.1, 0.15) is 0 Å². The van der Waals surface area contributed by atoms with E-state index >= 15 is 0 Å². The van der Waals surface area contributed by atoms with Gasteiger partial charge in [0.05, 0.1) is 5.75 Å². The van der Waals surface area contributed by atoms with Crippen LogP contribution in [0.1, 0.15) is 29.9 Å². The smallest absolute Gasteiger partial charge is 0.264 e. The Balaban J connectivity index is 2.03. The minimum atomic E-state index is -3.98. The first-order chi connectivity index (χ1) is 12.3. The third-order valence-corrected chi connectivity index (χ3v) is 4.75. The second-order valence-corrected chi connectivity index (χ2v) is 7.73. The SMILES string of the molecule is Cc1ccc(NC(=O)C=CC(CCCS(=O)(=O)O)c2ccccc2)cc1. The Hall–Kier alpha value is -2.44. The highest BCUT2D eigenvalue weighted by molar-refractivity contribution is 7.85. The highest BCUT2D eigenvalue weighted by Gasteiger charge is 2.11. The van der Waals surface area contributed by atoms with Gasteiger partial charge in [0.15, 0.2) is 0 Å². The van der Waals surface area contributed by atoms with Crippen molar-refractivity contribution in [2.24, 2.45) is 0 Å². The molecule has 138 valence electrons. The van der Waals surface area contributed by atoms with E-state index in [1.165, 1.54) is 6.08 Å². The molecule has 0 saturated heterocycles. The molecule has 0 aliphatic carbocycles. The summed E-state index contributed by atoms with van der Waals surface area (Å²) in [5, 5.41) is 2.79. The lowest BCUT2D eigenvalue weighted by atomic mass is 9.94. The van der Waals surface area contributed by atoms with E-state index in [0.29, 0.717) is 18.5 Å². The number of allylic oxidation sites excluding steroid dienone is 1. The highest BCUT2D eigenvalue weighted by atomic mass is 32.2. The Kier molecular flexibility index (Phi) is 7.12. The molecule has 5 nitrogen and oxygen atoms in total. The van der Waals surface area contributed by atoms with Crippen LogP contribution in [0.3, 0.4) is 0 Å². The maximum atomic E-state index is 12.1. The van der Waals surface area contributed by atoms with Crippen LogP contribution < -0.4 is 5.32 Å². The molecule has 0 bridgehead atoms. The molecule has 0 heterocycles. The molecule has 1 unspecified atom stereocenters. The van der Waals surface area contributed by atoms with Gasteiger partial charge in [-0.1, -0.05) is 54.1 Å². The molecular formula is C20H23NO4S. The van der Waals surface area contributed by atoms with Crippen molar-refractivity contribution in [3.8, 4) is 0 Å². The van der Waals surface area contributed by atoms with Gasteiger partial charge >= 0.3 is 0 Å². The summed E-state index contributed by atoms with van der Waals surface area (Å²) in [4.78, 5) is 12.1. The van der Waals surface area contributed by atoms with Crippen molar-refractivity contribution in [3.63, 3.8) is 0 Å². The Morgan fingerprint density at radius 2 is 1.77 bits per heavy atom. The summed E-state index contributed by atoms with van der Waals surface area (Å²) >= 11 is 0. The Morgan fingerprint density at radius 1 is 1.12 bits per heavy atom. The van der Waals surface area contributed by atoms with Crippen LogP contribution in [-0.2, 0) is 14.9 Å². The zero-order chi connectivity index (χ0) is 19.0. The Bertz CT molecular complexity index is 843. The second-order valence-electron chi connectivity index (χ2n) is 6.16. The van der Waals surface area contributed by atoms with Gasteiger partial charge in [0.25, 0.3) is 10.1 Å². The third kappa shape index (κ3) is 7.21. The van der Waals surface area contributed by atoms with Crippen molar-refractivity contribution in [2.45, 2.75) is 25.7 Å². The summed E-state index contributed by atoms with van der Waals surface area (Å²) in [6.45, 7) is 1.97. The third-order valence-electron chi connectivity index (χ3n) is 3.94. The molecule has 1 amide bonds. The fourth-order valence-electron chi connectivity index (χ4n) is 2.58. The van der Waals surface area contributed by atoms with Crippen LogP contribution in [0.15, 0.2) is 66.7 Å². The van der Waals surface area contributed by atoms with Gasteiger partial charge in [0.2, 0.25) is 5.91 Å². The minimum absolute atomic E-state index is 0.110. The van der Waals surface area contributed by atoms with Crippen molar-refractivity contribution in [1.82, 2.24) is 0 Å². The topological polar surface area (TPSA) is 83.5 Å². The normalized spacial score (nSPS) is 12.8. The minimum Gasteiger partial charge on any atom is -0.323 e. The molecule has 6 heteroatoms. The molecule has 0 spiro atoms. The number of anilines is 1. The molecule has 26 heavy (non-hydrogen) atoms. The van der Waals surface area contributed by atoms with E-state index in [0.717, 1.165) is 11.1 Å². The monoisotopic (exact) mass is 373 g/mol. The number of amides is 1. The Morgan fingerprint density at radius 3 is 2.38 bits per heavy atom. The average molecular weight is 373 g/mol. The molecule has 2 rings (SSSR count). The largest absolute Gasteiger partial charge is 0.323 e. The molecule has 1 atom stereocenters. The quantitative estimate of drug-likeness (QED) is 0.542. The maximum Gasteiger partial charge on any atom is 0.264 e. The molecule has 0 fully saturated rings. The van der Waals surface area contributed by atoms with E-state index in [-0.39, 0.29) is 17.6 Å². The van der Waals surface area contributed by atoms with Crippen LogP contribution in [0, 0.1) is 6.92 Å². The van der Waals surface area contributed by atoms with Crippen molar-refractivity contribution in [2.75, 3.05) is 11.1 Å². The fraction of sp³-hybridized carbons (Fsp3) is 0.250. The fourth-order valence-corrected chi connectivity index (χ4v) is 3.12. The van der Waals surface area contributed by atoms with Crippen LogP contribution in [0.25, 0.3) is 0 Å². The van der Waals surface area contributed by atoms with Crippen molar-refractivity contribution < 1.29 is 17.8 Å². The number of carbonyl (C=O) groups excluding carboxylic acids is 1. The molecule has 2 aromatic carbocycles. The van der Waals surface area contributed by atoms with Gasteiger partial charge in [-0.05, 0) is 43.5 Å². The van der Waals surface area contributed by atoms with Crippen LogP contribution in [0.2, 0.25) is 0 Å². The number of benzene rings is 2. The van der Waals surface area contributed by atoms with Gasteiger partial charge in [-0.25, -0.2) is 0 Å².